The number of anilines is 1. The molecule has 0 aromatic carbocycles. The second-order valence-electron chi connectivity index (χ2n) is 3.52. The van der Waals surface area contributed by atoms with E-state index < -0.39 is 6.10 Å². The second-order valence-corrected chi connectivity index (χ2v) is 4.67. The summed E-state index contributed by atoms with van der Waals surface area (Å²) in [5, 5.41) is 9.97. The third-order valence-corrected chi connectivity index (χ3v) is 3.44. The standard InChI is InChI=1S/C11H18N2OS/c1-3-6-15-7-9(14)10-8(2)4-5-13-11(10)12/h4-5,9,14H,3,6-7H2,1-2H3,(H2,12,13). The highest BCUT2D eigenvalue weighted by Gasteiger charge is 2.14. The Labute approximate surface area is 95.1 Å². The molecule has 1 rings (SSSR count). The van der Waals surface area contributed by atoms with E-state index in [0.29, 0.717) is 11.6 Å². The lowest BCUT2D eigenvalue weighted by Gasteiger charge is -2.14. The average molecular weight is 226 g/mol. The molecule has 0 fully saturated rings. The first kappa shape index (κ1) is 12.3. The first-order valence-electron chi connectivity index (χ1n) is 5.13. The first-order chi connectivity index (χ1) is 7.16. The van der Waals surface area contributed by atoms with E-state index in [9.17, 15) is 5.11 Å². The molecule has 0 radical (unpaired) electrons. The van der Waals surface area contributed by atoms with Gasteiger partial charge in [0.2, 0.25) is 0 Å². The molecule has 84 valence electrons. The average Bonchev–Trinajstić information content (AvgIpc) is 2.18. The Morgan fingerprint density at radius 1 is 1.60 bits per heavy atom. The van der Waals surface area contributed by atoms with E-state index in [0.717, 1.165) is 23.3 Å². The normalized spacial score (nSPS) is 12.7. The summed E-state index contributed by atoms with van der Waals surface area (Å²) in [5.41, 5.74) is 7.53. The van der Waals surface area contributed by atoms with Crippen LogP contribution in [0.5, 0.6) is 0 Å². The highest BCUT2D eigenvalue weighted by Crippen LogP contribution is 2.25. The molecule has 0 spiro atoms. The minimum atomic E-state index is -0.504. The number of nitrogens with zero attached hydrogens (tertiary/aromatic N) is 1. The van der Waals surface area contributed by atoms with Crippen molar-refractivity contribution >= 4 is 17.6 Å². The maximum absolute atomic E-state index is 9.97. The highest BCUT2D eigenvalue weighted by molar-refractivity contribution is 7.99. The van der Waals surface area contributed by atoms with Crippen LogP contribution in [0.25, 0.3) is 0 Å². The fraction of sp³-hybridized carbons (Fsp3) is 0.545. The Morgan fingerprint density at radius 2 is 2.33 bits per heavy atom. The Bertz CT molecular complexity index is 297. The van der Waals surface area contributed by atoms with Crippen LogP contribution in [0.15, 0.2) is 12.3 Å². The number of hydrogen-bond donors (Lipinski definition) is 2. The van der Waals surface area contributed by atoms with Gasteiger partial charge in [-0.3, -0.25) is 0 Å². The molecular weight excluding hydrogens is 208 g/mol. The van der Waals surface area contributed by atoms with Crippen LogP contribution in [0.1, 0.15) is 30.6 Å². The number of aliphatic hydroxyl groups is 1. The molecule has 0 saturated carbocycles. The van der Waals surface area contributed by atoms with E-state index in [1.165, 1.54) is 0 Å². The largest absolute Gasteiger partial charge is 0.387 e. The molecule has 15 heavy (non-hydrogen) atoms. The number of aromatic nitrogens is 1. The van der Waals surface area contributed by atoms with Gasteiger partial charge in [-0.15, -0.1) is 0 Å². The number of nitrogen functional groups attached to an aromatic ring is 1. The van der Waals surface area contributed by atoms with E-state index in [1.807, 2.05) is 13.0 Å². The van der Waals surface area contributed by atoms with Crippen molar-refractivity contribution in [1.82, 2.24) is 4.98 Å². The molecule has 0 bridgehead atoms. The number of rotatable bonds is 5. The topological polar surface area (TPSA) is 59.1 Å². The number of aryl methyl sites for hydroxylation is 1. The van der Waals surface area contributed by atoms with Gasteiger partial charge in [-0.1, -0.05) is 6.92 Å². The summed E-state index contributed by atoms with van der Waals surface area (Å²) in [7, 11) is 0. The van der Waals surface area contributed by atoms with Gasteiger partial charge in [0, 0.05) is 17.5 Å². The molecule has 1 aromatic rings. The zero-order valence-electron chi connectivity index (χ0n) is 9.23. The van der Waals surface area contributed by atoms with Crippen LogP contribution in [0.2, 0.25) is 0 Å². The summed E-state index contributed by atoms with van der Waals surface area (Å²) in [6, 6.07) is 1.87. The van der Waals surface area contributed by atoms with E-state index in [2.05, 4.69) is 11.9 Å². The van der Waals surface area contributed by atoms with Crippen LogP contribution in [-0.4, -0.2) is 21.6 Å². The van der Waals surface area contributed by atoms with Gasteiger partial charge in [-0.2, -0.15) is 11.8 Å². The van der Waals surface area contributed by atoms with Gasteiger partial charge in [0.25, 0.3) is 0 Å². The Balaban J connectivity index is 2.68. The summed E-state index contributed by atoms with van der Waals surface area (Å²) in [4.78, 5) is 4.00. The van der Waals surface area contributed by atoms with Crippen LogP contribution < -0.4 is 5.73 Å². The molecule has 3 N–H and O–H groups in total. The van der Waals surface area contributed by atoms with Crippen molar-refractivity contribution in [1.29, 1.82) is 0 Å². The third kappa shape index (κ3) is 3.39. The molecule has 0 amide bonds. The molecule has 1 heterocycles. The zero-order chi connectivity index (χ0) is 11.3. The molecule has 0 aliphatic rings. The maximum atomic E-state index is 9.97. The van der Waals surface area contributed by atoms with Gasteiger partial charge in [0.05, 0.1) is 6.10 Å². The Morgan fingerprint density at radius 3 is 2.93 bits per heavy atom. The lowest BCUT2D eigenvalue weighted by atomic mass is 10.1. The van der Waals surface area contributed by atoms with Crippen molar-refractivity contribution in [3.63, 3.8) is 0 Å². The van der Waals surface area contributed by atoms with Crippen LogP contribution in [0, 0.1) is 6.92 Å². The molecule has 0 aliphatic carbocycles. The van der Waals surface area contributed by atoms with Gasteiger partial charge >= 0.3 is 0 Å². The summed E-state index contributed by atoms with van der Waals surface area (Å²) < 4.78 is 0. The SMILES string of the molecule is CCCSCC(O)c1c(C)ccnc1N. The predicted molar refractivity (Wildman–Crippen MR) is 66.0 cm³/mol. The third-order valence-electron chi connectivity index (χ3n) is 2.20. The predicted octanol–water partition coefficient (Wildman–Crippen LogP) is 2.15. The van der Waals surface area contributed by atoms with Gasteiger partial charge in [-0.05, 0) is 30.7 Å². The number of hydrogen-bond acceptors (Lipinski definition) is 4. The minimum Gasteiger partial charge on any atom is -0.387 e. The fourth-order valence-electron chi connectivity index (χ4n) is 1.45. The lowest BCUT2D eigenvalue weighted by Crippen LogP contribution is -2.08. The van der Waals surface area contributed by atoms with E-state index in [4.69, 9.17) is 5.73 Å². The minimum absolute atomic E-state index is 0.444. The number of aliphatic hydroxyl groups excluding tert-OH is 1. The van der Waals surface area contributed by atoms with Gasteiger partial charge in [0.15, 0.2) is 0 Å². The molecule has 1 unspecified atom stereocenters. The Kier molecular flexibility index (Phi) is 4.91. The summed E-state index contributed by atoms with van der Waals surface area (Å²) in [6.45, 7) is 4.07. The second kappa shape index (κ2) is 5.98. The van der Waals surface area contributed by atoms with Gasteiger partial charge < -0.3 is 10.8 Å². The van der Waals surface area contributed by atoms with E-state index in [1.54, 1.807) is 18.0 Å². The smallest absolute Gasteiger partial charge is 0.129 e. The lowest BCUT2D eigenvalue weighted by molar-refractivity contribution is 0.204. The van der Waals surface area contributed by atoms with Crippen molar-refractivity contribution < 1.29 is 5.11 Å². The number of nitrogens with two attached hydrogens (primary N) is 1. The van der Waals surface area contributed by atoms with Crippen molar-refractivity contribution in [2.75, 3.05) is 17.2 Å². The maximum Gasteiger partial charge on any atom is 0.129 e. The van der Waals surface area contributed by atoms with Gasteiger partial charge in [-0.25, -0.2) is 4.98 Å². The quantitative estimate of drug-likeness (QED) is 0.755. The zero-order valence-corrected chi connectivity index (χ0v) is 10.0. The molecule has 0 aliphatic heterocycles. The summed E-state index contributed by atoms with van der Waals surface area (Å²) in [6.07, 6.45) is 2.29. The van der Waals surface area contributed by atoms with Crippen molar-refractivity contribution in [3.8, 4) is 0 Å². The monoisotopic (exact) mass is 226 g/mol. The molecular formula is C11H18N2OS. The highest BCUT2D eigenvalue weighted by atomic mass is 32.2. The molecule has 3 nitrogen and oxygen atoms in total. The molecule has 1 aromatic heterocycles. The summed E-state index contributed by atoms with van der Waals surface area (Å²) in [5.74, 6) is 2.19. The van der Waals surface area contributed by atoms with Crippen LogP contribution in [0.3, 0.4) is 0 Å². The van der Waals surface area contributed by atoms with Crippen molar-refractivity contribution in [3.05, 3.63) is 23.4 Å². The number of thioether (sulfide) groups is 1. The fourth-order valence-corrected chi connectivity index (χ4v) is 2.29. The van der Waals surface area contributed by atoms with Crippen LogP contribution in [-0.2, 0) is 0 Å². The van der Waals surface area contributed by atoms with E-state index in [-0.39, 0.29) is 0 Å². The molecule has 4 heteroatoms. The molecule has 0 saturated heterocycles. The van der Waals surface area contributed by atoms with Crippen LogP contribution >= 0.6 is 11.8 Å². The number of pyridine rings is 1. The van der Waals surface area contributed by atoms with Crippen molar-refractivity contribution in [2.24, 2.45) is 0 Å². The Hall–Kier alpha value is -0.740. The first-order valence-corrected chi connectivity index (χ1v) is 6.29. The van der Waals surface area contributed by atoms with Crippen molar-refractivity contribution in [2.45, 2.75) is 26.4 Å². The van der Waals surface area contributed by atoms with Crippen LogP contribution in [0.4, 0.5) is 5.82 Å². The van der Waals surface area contributed by atoms with E-state index >= 15 is 0 Å². The summed E-state index contributed by atoms with van der Waals surface area (Å²) >= 11 is 1.74. The van der Waals surface area contributed by atoms with Gasteiger partial charge in [0.1, 0.15) is 5.82 Å². The molecule has 1 atom stereocenters.